The highest BCUT2D eigenvalue weighted by Crippen LogP contribution is 2.26. The number of ether oxygens (including phenoxy) is 1. The number of amides is 1. The van der Waals surface area contributed by atoms with Crippen LogP contribution in [0.15, 0.2) is 24.3 Å². The molecule has 2 N–H and O–H groups in total. The lowest BCUT2D eigenvalue weighted by Gasteiger charge is -2.32. The van der Waals surface area contributed by atoms with E-state index >= 15 is 0 Å². The minimum atomic E-state index is -0.291. The first-order valence-corrected chi connectivity index (χ1v) is 6.77. The van der Waals surface area contributed by atoms with Gasteiger partial charge < -0.3 is 15.4 Å². The van der Waals surface area contributed by atoms with E-state index in [0.717, 1.165) is 37.2 Å². The molecule has 1 saturated heterocycles. The van der Waals surface area contributed by atoms with Gasteiger partial charge in [-0.05, 0) is 32.4 Å². The molecule has 1 aromatic rings. The standard InChI is InChI=1S/C15H22N2O2.ClH/c1-15(8-5-9-16-11-15)14(18)17-10-12-6-3-4-7-13(12)19-2;/h3-4,6-7,16H,5,8-11H2,1-2H3,(H,17,18);1H. The van der Waals surface area contributed by atoms with Gasteiger partial charge in [-0.1, -0.05) is 18.2 Å². The van der Waals surface area contributed by atoms with Gasteiger partial charge >= 0.3 is 0 Å². The second-order valence-corrected chi connectivity index (χ2v) is 5.34. The summed E-state index contributed by atoms with van der Waals surface area (Å²) < 4.78 is 5.28. The Morgan fingerprint density at radius 1 is 1.45 bits per heavy atom. The third-order valence-electron chi connectivity index (χ3n) is 3.78. The molecule has 112 valence electrons. The fraction of sp³-hybridized carbons (Fsp3) is 0.533. The molecule has 1 heterocycles. The molecule has 2 rings (SSSR count). The molecule has 0 radical (unpaired) electrons. The van der Waals surface area contributed by atoms with Crippen LogP contribution in [0.4, 0.5) is 0 Å². The van der Waals surface area contributed by atoms with Gasteiger partial charge in [0.2, 0.25) is 5.91 Å². The van der Waals surface area contributed by atoms with Crippen LogP contribution in [0.25, 0.3) is 0 Å². The van der Waals surface area contributed by atoms with E-state index in [2.05, 4.69) is 10.6 Å². The molecule has 5 heteroatoms. The van der Waals surface area contributed by atoms with Crippen LogP contribution in [-0.4, -0.2) is 26.1 Å². The highest BCUT2D eigenvalue weighted by atomic mass is 35.5. The average molecular weight is 299 g/mol. The van der Waals surface area contributed by atoms with Crippen LogP contribution >= 0.6 is 12.4 Å². The predicted octanol–water partition coefficient (Wildman–Crippen LogP) is 2.12. The molecule has 1 aromatic carbocycles. The van der Waals surface area contributed by atoms with Crippen LogP contribution in [0.2, 0.25) is 0 Å². The van der Waals surface area contributed by atoms with E-state index in [-0.39, 0.29) is 23.7 Å². The van der Waals surface area contributed by atoms with Gasteiger partial charge in [-0.2, -0.15) is 0 Å². The lowest BCUT2D eigenvalue weighted by atomic mass is 9.82. The summed E-state index contributed by atoms with van der Waals surface area (Å²) in [5.41, 5.74) is 0.714. The second kappa shape index (κ2) is 7.50. The first-order chi connectivity index (χ1) is 9.15. The van der Waals surface area contributed by atoms with Crippen molar-refractivity contribution in [1.29, 1.82) is 0 Å². The van der Waals surface area contributed by atoms with Gasteiger partial charge in [0.05, 0.1) is 12.5 Å². The molecule has 1 amide bonds. The first-order valence-electron chi connectivity index (χ1n) is 6.77. The normalized spacial score (nSPS) is 21.7. The maximum absolute atomic E-state index is 12.3. The van der Waals surface area contributed by atoms with E-state index in [4.69, 9.17) is 4.74 Å². The van der Waals surface area contributed by atoms with Crippen molar-refractivity contribution >= 4 is 18.3 Å². The Morgan fingerprint density at radius 3 is 2.85 bits per heavy atom. The number of halogens is 1. The third-order valence-corrected chi connectivity index (χ3v) is 3.78. The Hall–Kier alpha value is -1.26. The first kappa shape index (κ1) is 16.8. The van der Waals surface area contributed by atoms with E-state index in [0.29, 0.717) is 6.54 Å². The fourth-order valence-corrected chi connectivity index (χ4v) is 2.49. The van der Waals surface area contributed by atoms with Crippen molar-refractivity contribution < 1.29 is 9.53 Å². The maximum atomic E-state index is 12.3. The Balaban J connectivity index is 0.00000200. The number of methoxy groups -OCH3 is 1. The topological polar surface area (TPSA) is 50.4 Å². The molecular weight excluding hydrogens is 276 g/mol. The van der Waals surface area contributed by atoms with Crippen molar-refractivity contribution in [1.82, 2.24) is 10.6 Å². The number of piperidine rings is 1. The molecular formula is C15H23ClN2O2. The van der Waals surface area contributed by atoms with Crippen molar-refractivity contribution in [3.63, 3.8) is 0 Å². The number of carbonyl (C=O) groups excluding carboxylic acids is 1. The van der Waals surface area contributed by atoms with Gasteiger partial charge in [0.25, 0.3) is 0 Å². The number of carbonyl (C=O) groups is 1. The highest BCUT2D eigenvalue weighted by Gasteiger charge is 2.34. The molecule has 0 saturated carbocycles. The second-order valence-electron chi connectivity index (χ2n) is 5.34. The van der Waals surface area contributed by atoms with Crippen molar-refractivity contribution in [3.05, 3.63) is 29.8 Å². The van der Waals surface area contributed by atoms with Crippen molar-refractivity contribution in [2.45, 2.75) is 26.3 Å². The summed E-state index contributed by atoms with van der Waals surface area (Å²) in [6.07, 6.45) is 2.00. The number of benzene rings is 1. The average Bonchev–Trinajstić information content (AvgIpc) is 2.45. The van der Waals surface area contributed by atoms with E-state index < -0.39 is 0 Å². The fourth-order valence-electron chi connectivity index (χ4n) is 2.49. The van der Waals surface area contributed by atoms with E-state index in [1.807, 2.05) is 31.2 Å². The summed E-state index contributed by atoms with van der Waals surface area (Å²) in [6, 6.07) is 7.76. The Morgan fingerprint density at radius 2 is 2.20 bits per heavy atom. The minimum Gasteiger partial charge on any atom is -0.496 e. The van der Waals surface area contributed by atoms with Crippen LogP contribution in [-0.2, 0) is 11.3 Å². The van der Waals surface area contributed by atoms with Gasteiger partial charge in [-0.25, -0.2) is 0 Å². The smallest absolute Gasteiger partial charge is 0.227 e. The highest BCUT2D eigenvalue weighted by molar-refractivity contribution is 5.85. The van der Waals surface area contributed by atoms with Crippen LogP contribution in [0.1, 0.15) is 25.3 Å². The van der Waals surface area contributed by atoms with Crippen LogP contribution < -0.4 is 15.4 Å². The van der Waals surface area contributed by atoms with Crippen LogP contribution in [0.3, 0.4) is 0 Å². The molecule has 1 aliphatic heterocycles. The van der Waals surface area contributed by atoms with Crippen molar-refractivity contribution in [2.75, 3.05) is 20.2 Å². The maximum Gasteiger partial charge on any atom is 0.227 e. The molecule has 20 heavy (non-hydrogen) atoms. The van der Waals surface area contributed by atoms with E-state index in [1.54, 1.807) is 7.11 Å². The molecule has 0 spiro atoms. The zero-order valence-corrected chi connectivity index (χ0v) is 12.9. The molecule has 0 aliphatic carbocycles. The molecule has 1 fully saturated rings. The number of nitrogens with one attached hydrogen (secondary N) is 2. The van der Waals surface area contributed by atoms with Gasteiger partial charge in [0, 0.05) is 18.7 Å². The molecule has 4 nitrogen and oxygen atoms in total. The number of para-hydroxylation sites is 1. The van der Waals surface area contributed by atoms with Crippen molar-refractivity contribution in [3.8, 4) is 5.75 Å². The summed E-state index contributed by atoms with van der Waals surface area (Å²) in [7, 11) is 1.65. The largest absolute Gasteiger partial charge is 0.496 e. The Bertz CT molecular complexity index is 445. The lowest BCUT2D eigenvalue weighted by molar-refractivity contribution is -0.131. The number of hydrogen-bond donors (Lipinski definition) is 2. The minimum absolute atomic E-state index is 0. The summed E-state index contributed by atoms with van der Waals surface area (Å²) in [6.45, 7) is 4.30. The summed E-state index contributed by atoms with van der Waals surface area (Å²) in [4.78, 5) is 12.3. The monoisotopic (exact) mass is 298 g/mol. The predicted molar refractivity (Wildman–Crippen MR) is 82.3 cm³/mol. The van der Waals surface area contributed by atoms with Crippen LogP contribution in [0.5, 0.6) is 5.75 Å². The van der Waals surface area contributed by atoms with Gasteiger partial charge in [0.1, 0.15) is 5.75 Å². The van der Waals surface area contributed by atoms with Gasteiger partial charge in [-0.3, -0.25) is 4.79 Å². The molecule has 1 aliphatic rings. The number of hydrogen-bond acceptors (Lipinski definition) is 3. The van der Waals surface area contributed by atoms with Crippen LogP contribution in [0, 0.1) is 5.41 Å². The van der Waals surface area contributed by atoms with E-state index in [1.165, 1.54) is 0 Å². The summed E-state index contributed by atoms with van der Waals surface area (Å²) in [5, 5.41) is 6.32. The Kier molecular flexibility index (Phi) is 6.30. The third kappa shape index (κ3) is 3.87. The summed E-state index contributed by atoms with van der Waals surface area (Å²) in [5.74, 6) is 0.931. The van der Waals surface area contributed by atoms with Crippen molar-refractivity contribution in [2.24, 2.45) is 5.41 Å². The van der Waals surface area contributed by atoms with E-state index in [9.17, 15) is 4.79 Å². The van der Waals surface area contributed by atoms with Gasteiger partial charge in [0.15, 0.2) is 0 Å². The molecule has 0 bridgehead atoms. The molecule has 1 unspecified atom stereocenters. The zero-order valence-electron chi connectivity index (χ0n) is 12.1. The van der Waals surface area contributed by atoms with Gasteiger partial charge in [-0.15, -0.1) is 12.4 Å². The lowest BCUT2D eigenvalue weighted by Crippen LogP contribution is -2.48. The molecule has 1 atom stereocenters. The quantitative estimate of drug-likeness (QED) is 0.895. The summed E-state index contributed by atoms with van der Waals surface area (Å²) >= 11 is 0. The number of rotatable bonds is 4. The zero-order chi connectivity index (χ0) is 13.7. The molecule has 0 aromatic heterocycles. The Labute approximate surface area is 126 Å². The SMILES string of the molecule is COc1ccccc1CNC(=O)C1(C)CCCNC1.Cl.